The average molecular weight is 346 g/mol. The molecule has 3 aromatic rings. The maximum absolute atomic E-state index is 13.4. The fourth-order valence-corrected chi connectivity index (χ4v) is 2.85. The molecule has 21 heavy (non-hydrogen) atoms. The van der Waals surface area contributed by atoms with Crippen LogP contribution in [0.15, 0.2) is 59.3 Å². The van der Waals surface area contributed by atoms with E-state index in [2.05, 4.69) is 26.3 Å². The molecule has 106 valence electrons. The lowest BCUT2D eigenvalue weighted by molar-refractivity contribution is 0.611. The molecule has 0 aliphatic rings. The maximum Gasteiger partial charge on any atom is 0.137 e. The smallest absolute Gasteiger partial charge is 0.137 e. The number of halogens is 2. The van der Waals surface area contributed by atoms with Crippen molar-refractivity contribution >= 4 is 26.7 Å². The van der Waals surface area contributed by atoms with Crippen molar-refractivity contribution in [2.24, 2.45) is 5.84 Å². The number of benzene rings is 2. The molecule has 0 spiro atoms. The van der Waals surface area contributed by atoms with Crippen LogP contribution in [-0.4, -0.2) is 4.98 Å². The van der Waals surface area contributed by atoms with E-state index in [9.17, 15) is 4.39 Å². The topological polar surface area (TPSA) is 50.9 Å². The van der Waals surface area contributed by atoms with E-state index in [0.29, 0.717) is 4.47 Å². The van der Waals surface area contributed by atoms with Crippen molar-refractivity contribution in [2.75, 3.05) is 0 Å². The van der Waals surface area contributed by atoms with Crippen LogP contribution in [-0.2, 0) is 0 Å². The quantitative estimate of drug-likeness (QED) is 0.562. The third-order valence-corrected chi connectivity index (χ3v) is 4.08. The first-order valence-corrected chi connectivity index (χ1v) is 7.23. The molecule has 2 aromatic carbocycles. The third kappa shape index (κ3) is 2.68. The van der Waals surface area contributed by atoms with Crippen molar-refractivity contribution in [2.45, 2.75) is 6.04 Å². The fourth-order valence-electron chi connectivity index (χ4n) is 2.46. The van der Waals surface area contributed by atoms with Gasteiger partial charge in [-0.3, -0.25) is 10.8 Å². The summed E-state index contributed by atoms with van der Waals surface area (Å²) in [6, 6.07) is 12.6. The lowest BCUT2D eigenvalue weighted by atomic mass is 9.95. The predicted octanol–water partition coefficient (Wildman–Crippen LogP) is 3.69. The van der Waals surface area contributed by atoms with Crippen LogP contribution in [0.3, 0.4) is 0 Å². The summed E-state index contributed by atoms with van der Waals surface area (Å²) >= 11 is 3.21. The molecule has 0 fully saturated rings. The Hall–Kier alpha value is -1.82. The van der Waals surface area contributed by atoms with Gasteiger partial charge in [-0.2, -0.15) is 0 Å². The zero-order chi connectivity index (χ0) is 14.8. The van der Waals surface area contributed by atoms with Gasteiger partial charge in [0.05, 0.1) is 10.5 Å². The molecule has 0 saturated heterocycles. The van der Waals surface area contributed by atoms with Crippen LogP contribution in [0.5, 0.6) is 0 Å². The highest BCUT2D eigenvalue weighted by atomic mass is 79.9. The molecule has 3 rings (SSSR count). The summed E-state index contributed by atoms with van der Waals surface area (Å²) in [4.78, 5) is 4.13. The van der Waals surface area contributed by atoms with E-state index in [1.807, 2.05) is 30.5 Å². The molecule has 0 amide bonds. The van der Waals surface area contributed by atoms with E-state index in [4.69, 9.17) is 5.84 Å². The first kappa shape index (κ1) is 14.1. The standard InChI is InChI=1S/C16H13BrFN3/c17-14-8-10(4-5-15(14)18)16(21-19)13-3-1-2-11-9-20-7-6-12(11)13/h1-9,16,21H,19H2. The molecular formula is C16H13BrFN3. The minimum absolute atomic E-state index is 0.229. The third-order valence-electron chi connectivity index (χ3n) is 3.47. The van der Waals surface area contributed by atoms with Gasteiger partial charge in [-0.05, 0) is 50.6 Å². The monoisotopic (exact) mass is 345 g/mol. The van der Waals surface area contributed by atoms with Crippen LogP contribution >= 0.6 is 15.9 Å². The van der Waals surface area contributed by atoms with Gasteiger partial charge in [-0.25, -0.2) is 9.82 Å². The van der Waals surface area contributed by atoms with E-state index in [1.54, 1.807) is 18.3 Å². The highest BCUT2D eigenvalue weighted by Crippen LogP contribution is 2.30. The van der Waals surface area contributed by atoms with E-state index < -0.39 is 0 Å². The molecule has 0 aliphatic heterocycles. The number of rotatable bonds is 3. The van der Waals surface area contributed by atoms with Gasteiger partial charge in [0.1, 0.15) is 5.82 Å². The minimum atomic E-state index is -0.295. The van der Waals surface area contributed by atoms with Crippen LogP contribution in [0.1, 0.15) is 17.2 Å². The van der Waals surface area contributed by atoms with Gasteiger partial charge in [-0.1, -0.05) is 24.3 Å². The molecule has 5 heteroatoms. The molecule has 0 saturated carbocycles. The number of hydrogen-bond acceptors (Lipinski definition) is 3. The number of aromatic nitrogens is 1. The van der Waals surface area contributed by atoms with Crippen molar-refractivity contribution in [3.8, 4) is 0 Å². The zero-order valence-corrected chi connectivity index (χ0v) is 12.6. The van der Waals surface area contributed by atoms with Gasteiger partial charge in [0.15, 0.2) is 0 Å². The molecule has 1 heterocycles. The number of nitrogens with one attached hydrogen (secondary N) is 1. The number of hydrazine groups is 1. The van der Waals surface area contributed by atoms with E-state index >= 15 is 0 Å². The van der Waals surface area contributed by atoms with Gasteiger partial charge < -0.3 is 0 Å². The van der Waals surface area contributed by atoms with Crippen molar-refractivity contribution < 1.29 is 4.39 Å². The zero-order valence-electron chi connectivity index (χ0n) is 11.1. The SMILES string of the molecule is NNC(c1ccc(F)c(Br)c1)c1cccc2cnccc12. The number of fused-ring (bicyclic) bond motifs is 1. The molecule has 0 aliphatic carbocycles. The Labute approximate surface area is 130 Å². The van der Waals surface area contributed by atoms with Gasteiger partial charge in [0, 0.05) is 17.8 Å². The summed E-state index contributed by atoms with van der Waals surface area (Å²) in [5.74, 6) is 5.45. The molecule has 1 aromatic heterocycles. The second kappa shape index (κ2) is 5.89. The summed E-state index contributed by atoms with van der Waals surface area (Å²) in [6.07, 6.45) is 3.56. The molecule has 1 atom stereocenters. The molecule has 3 N–H and O–H groups in total. The van der Waals surface area contributed by atoms with Gasteiger partial charge >= 0.3 is 0 Å². The predicted molar refractivity (Wildman–Crippen MR) is 85.0 cm³/mol. The second-order valence-corrected chi connectivity index (χ2v) is 5.57. The van der Waals surface area contributed by atoms with Crippen molar-refractivity contribution in [1.29, 1.82) is 0 Å². The Morgan fingerprint density at radius 1 is 1.19 bits per heavy atom. The van der Waals surface area contributed by atoms with Crippen LogP contribution in [0.4, 0.5) is 4.39 Å². The molecule has 3 nitrogen and oxygen atoms in total. The first-order valence-electron chi connectivity index (χ1n) is 6.44. The fraction of sp³-hybridized carbons (Fsp3) is 0.0625. The highest BCUT2D eigenvalue weighted by Gasteiger charge is 2.16. The summed E-state index contributed by atoms with van der Waals surface area (Å²) < 4.78 is 13.8. The molecule has 0 bridgehead atoms. The Kier molecular flexibility index (Phi) is 3.96. The minimum Gasteiger partial charge on any atom is -0.271 e. The molecular weight excluding hydrogens is 333 g/mol. The lowest BCUT2D eigenvalue weighted by Crippen LogP contribution is -2.29. The number of nitrogens with two attached hydrogens (primary N) is 1. The number of nitrogens with zero attached hydrogens (tertiary/aromatic N) is 1. The highest BCUT2D eigenvalue weighted by molar-refractivity contribution is 9.10. The van der Waals surface area contributed by atoms with Gasteiger partial charge in [0.2, 0.25) is 0 Å². The molecule has 1 unspecified atom stereocenters. The Morgan fingerprint density at radius 3 is 2.81 bits per heavy atom. The van der Waals surface area contributed by atoms with Crippen molar-refractivity contribution in [3.05, 3.63) is 76.3 Å². The average Bonchev–Trinajstić information content (AvgIpc) is 2.52. The van der Waals surface area contributed by atoms with Crippen molar-refractivity contribution in [1.82, 2.24) is 10.4 Å². The van der Waals surface area contributed by atoms with E-state index in [-0.39, 0.29) is 11.9 Å². The van der Waals surface area contributed by atoms with Gasteiger partial charge in [0.25, 0.3) is 0 Å². The Morgan fingerprint density at radius 2 is 2.05 bits per heavy atom. The van der Waals surface area contributed by atoms with Crippen LogP contribution in [0, 0.1) is 5.82 Å². The van der Waals surface area contributed by atoms with Crippen LogP contribution in [0.25, 0.3) is 10.8 Å². The Balaban J connectivity index is 2.16. The number of pyridine rings is 1. The summed E-state index contributed by atoms with van der Waals surface area (Å²) in [7, 11) is 0. The largest absolute Gasteiger partial charge is 0.271 e. The summed E-state index contributed by atoms with van der Waals surface area (Å²) in [5, 5.41) is 2.10. The van der Waals surface area contributed by atoms with Crippen LogP contribution < -0.4 is 11.3 Å². The van der Waals surface area contributed by atoms with Crippen molar-refractivity contribution in [3.63, 3.8) is 0 Å². The first-order chi connectivity index (χ1) is 10.2. The summed E-state index contributed by atoms with van der Waals surface area (Å²) in [5.41, 5.74) is 4.72. The maximum atomic E-state index is 13.4. The second-order valence-electron chi connectivity index (χ2n) is 4.72. The van der Waals surface area contributed by atoms with E-state index in [1.165, 1.54) is 6.07 Å². The normalized spacial score (nSPS) is 12.5. The molecule has 0 radical (unpaired) electrons. The van der Waals surface area contributed by atoms with Gasteiger partial charge in [-0.15, -0.1) is 0 Å². The lowest BCUT2D eigenvalue weighted by Gasteiger charge is -2.19. The van der Waals surface area contributed by atoms with Crippen LogP contribution in [0.2, 0.25) is 0 Å². The number of hydrogen-bond donors (Lipinski definition) is 2. The van der Waals surface area contributed by atoms with E-state index in [0.717, 1.165) is 21.9 Å². The Bertz CT molecular complexity index is 786. The summed E-state index contributed by atoms with van der Waals surface area (Å²) in [6.45, 7) is 0.